The fraction of sp³-hybridized carbons (Fsp3) is 0.444. The molecule has 4 atom stereocenters. The minimum atomic E-state index is -4.11. The first-order valence-corrected chi connectivity index (χ1v) is 10.6. The Labute approximate surface area is 169 Å². The molecule has 0 radical (unpaired) electrons. The second-order valence-corrected chi connectivity index (χ2v) is 8.33. The zero-order valence-corrected chi connectivity index (χ0v) is 16.7. The summed E-state index contributed by atoms with van der Waals surface area (Å²) in [7, 11) is -2.20. The van der Waals surface area contributed by atoms with Crippen LogP contribution in [0.15, 0.2) is 42.7 Å². The van der Waals surface area contributed by atoms with Crippen molar-refractivity contribution >= 4 is 21.9 Å². The molecule has 1 aliphatic carbocycles. The standard InChI is InChI=1S/C18H25N5O5S/c1-23(9-12-5-3-2-4-6-12)16-8-15(20-11-21-16)22-14-7-13(17(24)18(14)25)10-28-29(19,26)27/h2-6,8,11,13-14,17-18,24-25H,7,9-10H2,1H3,(H2,19,26,27)(H,20,21,22)/t13-,14-,17-,18+/m1/s1. The van der Waals surface area contributed by atoms with E-state index in [2.05, 4.69) is 19.5 Å². The van der Waals surface area contributed by atoms with E-state index in [1.807, 2.05) is 42.3 Å². The van der Waals surface area contributed by atoms with Crippen molar-refractivity contribution in [3.63, 3.8) is 0 Å². The van der Waals surface area contributed by atoms with Crippen LogP contribution in [0.1, 0.15) is 12.0 Å². The van der Waals surface area contributed by atoms with Crippen molar-refractivity contribution in [2.75, 3.05) is 23.9 Å². The zero-order chi connectivity index (χ0) is 21.0. The summed E-state index contributed by atoms with van der Waals surface area (Å²) in [6.45, 7) is 0.360. The molecule has 1 heterocycles. The minimum absolute atomic E-state index is 0.289. The van der Waals surface area contributed by atoms with E-state index in [4.69, 9.17) is 5.14 Å². The van der Waals surface area contributed by atoms with E-state index in [9.17, 15) is 18.6 Å². The van der Waals surface area contributed by atoms with Gasteiger partial charge >= 0.3 is 10.3 Å². The maximum Gasteiger partial charge on any atom is 0.333 e. The summed E-state index contributed by atoms with van der Waals surface area (Å²) in [4.78, 5) is 10.4. The summed E-state index contributed by atoms with van der Waals surface area (Å²) in [5.74, 6) is 0.593. The molecular weight excluding hydrogens is 398 g/mol. The molecule has 2 aromatic rings. The van der Waals surface area contributed by atoms with E-state index >= 15 is 0 Å². The third-order valence-electron chi connectivity index (χ3n) is 4.89. The number of nitrogens with zero attached hydrogens (tertiary/aromatic N) is 3. The van der Waals surface area contributed by atoms with Gasteiger partial charge in [-0.1, -0.05) is 30.3 Å². The van der Waals surface area contributed by atoms with Gasteiger partial charge in [0, 0.05) is 25.6 Å². The van der Waals surface area contributed by atoms with E-state index in [0.29, 0.717) is 18.2 Å². The molecule has 0 amide bonds. The van der Waals surface area contributed by atoms with Crippen LogP contribution in [0.25, 0.3) is 0 Å². The molecule has 10 nitrogen and oxygen atoms in total. The summed E-state index contributed by atoms with van der Waals surface area (Å²) in [5, 5.41) is 28.4. The van der Waals surface area contributed by atoms with Gasteiger partial charge in [0.05, 0.1) is 18.8 Å². The SMILES string of the molecule is CN(Cc1ccccc1)c1cc(N[C@@H]2C[C@H](COS(N)(=O)=O)[C@@H](O)[C@H]2O)ncn1. The number of hydrogen-bond donors (Lipinski definition) is 4. The summed E-state index contributed by atoms with van der Waals surface area (Å²) < 4.78 is 26.5. The fourth-order valence-corrected chi connectivity index (χ4v) is 3.74. The van der Waals surface area contributed by atoms with Gasteiger partial charge < -0.3 is 20.4 Å². The highest BCUT2D eigenvalue weighted by Gasteiger charge is 2.42. The Hall–Kier alpha value is -2.31. The number of nitrogens with one attached hydrogen (secondary N) is 1. The van der Waals surface area contributed by atoms with Gasteiger partial charge in [-0.25, -0.2) is 15.1 Å². The quantitative estimate of drug-likeness (QED) is 0.454. The van der Waals surface area contributed by atoms with Gasteiger partial charge in [0.25, 0.3) is 0 Å². The van der Waals surface area contributed by atoms with Crippen LogP contribution >= 0.6 is 0 Å². The fourth-order valence-electron chi connectivity index (χ4n) is 3.38. The predicted octanol–water partition coefficient (Wildman–Crippen LogP) is -0.145. The zero-order valence-electron chi connectivity index (χ0n) is 15.9. The van der Waals surface area contributed by atoms with Gasteiger partial charge in [-0.15, -0.1) is 0 Å². The average molecular weight is 423 g/mol. The maximum atomic E-state index is 11.0. The van der Waals surface area contributed by atoms with E-state index < -0.39 is 34.5 Å². The molecule has 158 valence electrons. The first-order valence-electron chi connectivity index (χ1n) is 9.10. The molecule has 0 bridgehead atoms. The minimum Gasteiger partial charge on any atom is -0.390 e. The molecule has 1 aliphatic rings. The topological polar surface area (TPSA) is 151 Å². The number of aliphatic hydroxyl groups excluding tert-OH is 2. The number of nitrogens with two attached hydrogens (primary N) is 1. The van der Waals surface area contributed by atoms with E-state index in [1.54, 1.807) is 6.07 Å². The number of aromatic nitrogens is 2. The Bertz CT molecular complexity index is 914. The number of benzene rings is 1. The van der Waals surface area contributed by atoms with Crippen LogP contribution < -0.4 is 15.4 Å². The lowest BCUT2D eigenvalue weighted by Crippen LogP contribution is -2.36. The summed E-state index contributed by atoms with van der Waals surface area (Å²) >= 11 is 0. The van der Waals surface area contributed by atoms with Crippen molar-refractivity contribution in [1.82, 2.24) is 9.97 Å². The van der Waals surface area contributed by atoms with Crippen LogP contribution in [0.3, 0.4) is 0 Å². The van der Waals surface area contributed by atoms with Crippen LogP contribution in [-0.2, 0) is 21.0 Å². The lowest BCUT2D eigenvalue weighted by molar-refractivity contribution is 0.00778. The Morgan fingerprint density at radius 1 is 1.24 bits per heavy atom. The molecule has 0 saturated heterocycles. The lowest BCUT2D eigenvalue weighted by Gasteiger charge is -2.21. The second kappa shape index (κ2) is 9.01. The van der Waals surface area contributed by atoms with Gasteiger partial charge in [-0.05, 0) is 12.0 Å². The van der Waals surface area contributed by atoms with Crippen molar-refractivity contribution in [3.05, 3.63) is 48.3 Å². The Morgan fingerprint density at radius 3 is 2.66 bits per heavy atom. The van der Waals surface area contributed by atoms with Crippen LogP contribution in [-0.4, -0.2) is 60.5 Å². The molecule has 0 unspecified atom stereocenters. The number of aliphatic hydroxyl groups is 2. The molecule has 1 saturated carbocycles. The molecule has 0 spiro atoms. The molecule has 5 N–H and O–H groups in total. The monoisotopic (exact) mass is 423 g/mol. The number of anilines is 2. The Morgan fingerprint density at radius 2 is 1.97 bits per heavy atom. The third-order valence-corrected chi connectivity index (χ3v) is 5.35. The molecule has 1 aromatic carbocycles. The highest BCUT2D eigenvalue weighted by atomic mass is 32.2. The highest BCUT2D eigenvalue weighted by Crippen LogP contribution is 2.30. The van der Waals surface area contributed by atoms with E-state index in [1.165, 1.54) is 6.33 Å². The van der Waals surface area contributed by atoms with Crippen LogP contribution in [0.4, 0.5) is 11.6 Å². The maximum absolute atomic E-state index is 11.0. The Balaban J connectivity index is 1.63. The summed E-state index contributed by atoms with van der Waals surface area (Å²) in [5.41, 5.74) is 1.13. The van der Waals surface area contributed by atoms with Gasteiger partial charge in [-0.3, -0.25) is 4.18 Å². The second-order valence-electron chi connectivity index (χ2n) is 7.11. The van der Waals surface area contributed by atoms with Crippen LogP contribution in [0.5, 0.6) is 0 Å². The summed E-state index contributed by atoms with van der Waals surface area (Å²) in [6, 6.07) is 11.2. The van der Waals surface area contributed by atoms with E-state index in [0.717, 1.165) is 5.56 Å². The molecule has 1 fully saturated rings. The highest BCUT2D eigenvalue weighted by molar-refractivity contribution is 7.84. The first-order chi connectivity index (χ1) is 13.7. The number of hydrogen-bond acceptors (Lipinski definition) is 9. The largest absolute Gasteiger partial charge is 0.390 e. The molecule has 29 heavy (non-hydrogen) atoms. The van der Waals surface area contributed by atoms with E-state index in [-0.39, 0.29) is 13.0 Å². The van der Waals surface area contributed by atoms with Gasteiger partial charge in [-0.2, -0.15) is 8.42 Å². The van der Waals surface area contributed by atoms with Gasteiger partial charge in [0.15, 0.2) is 0 Å². The lowest BCUT2D eigenvalue weighted by atomic mass is 10.1. The first kappa shape index (κ1) is 21.4. The van der Waals surface area contributed by atoms with Crippen molar-refractivity contribution in [1.29, 1.82) is 0 Å². The van der Waals surface area contributed by atoms with Gasteiger partial charge in [0.2, 0.25) is 0 Å². The van der Waals surface area contributed by atoms with Crippen molar-refractivity contribution in [3.8, 4) is 0 Å². The smallest absolute Gasteiger partial charge is 0.333 e. The predicted molar refractivity (Wildman–Crippen MR) is 107 cm³/mol. The van der Waals surface area contributed by atoms with Crippen molar-refractivity contribution in [2.24, 2.45) is 11.1 Å². The van der Waals surface area contributed by atoms with Crippen molar-refractivity contribution < 1.29 is 22.8 Å². The van der Waals surface area contributed by atoms with Crippen molar-refractivity contribution in [2.45, 2.75) is 31.2 Å². The van der Waals surface area contributed by atoms with Gasteiger partial charge in [0.1, 0.15) is 24.1 Å². The molecule has 0 aliphatic heterocycles. The normalized spacial score (nSPS) is 24.4. The molecule has 11 heteroatoms. The van der Waals surface area contributed by atoms with Crippen LogP contribution in [0.2, 0.25) is 0 Å². The third kappa shape index (κ3) is 5.84. The Kier molecular flexibility index (Phi) is 6.65. The average Bonchev–Trinajstić information content (AvgIpc) is 2.95. The number of rotatable bonds is 8. The van der Waals surface area contributed by atoms with Crippen LogP contribution in [0, 0.1) is 5.92 Å². The molecule has 1 aromatic heterocycles. The summed E-state index contributed by atoms with van der Waals surface area (Å²) in [6.07, 6.45) is -0.545. The molecule has 3 rings (SSSR count). The molecular formula is C18H25N5O5S.